The Labute approximate surface area is 98.3 Å². The summed E-state index contributed by atoms with van der Waals surface area (Å²) >= 11 is 1.39. The van der Waals surface area contributed by atoms with Gasteiger partial charge in [0.2, 0.25) is 0 Å². The van der Waals surface area contributed by atoms with Crippen molar-refractivity contribution in [3.63, 3.8) is 0 Å². The van der Waals surface area contributed by atoms with Gasteiger partial charge in [0.25, 0.3) is 5.03 Å². The fraction of sp³-hybridized carbons (Fsp3) is 0.0833. The lowest BCUT2D eigenvalue weighted by atomic mass is 10.3. The van der Waals surface area contributed by atoms with Gasteiger partial charge in [-0.15, -0.1) is 0 Å². The second-order valence-corrected chi connectivity index (χ2v) is 4.18. The average molecular weight is 233 g/mol. The zero-order valence-electron chi connectivity index (χ0n) is 8.79. The monoisotopic (exact) mass is 233 g/mol. The Hall–Kier alpha value is -1.68. The zero-order chi connectivity index (χ0) is 11.4. The lowest BCUT2D eigenvalue weighted by Crippen LogP contribution is -2.27. The van der Waals surface area contributed by atoms with Gasteiger partial charge in [0, 0.05) is 12.1 Å². The van der Waals surface area contributed by atoms with Crippen LogP contribution in [0.5, 0.6) is 5.75 Å². The van der Waals surface area contributed by atoms with Crippen molar-refractivity contribution in [3.8, 4) is 5.75 Å². The summed E-state index contributed by atoms with van der Waals surface area (Å²) in [6.07, 6.45) is 1.48. The third-order valence-electron chi connectivity index (χ3n) is 2.07. The molecule has 4 heteroatoms. The average Bonchev–Trinajstić information content (AvgIpc) is 2.33. The highest BCUT2D eigenvalue weighted by Crippen LogP contribution is 2.32. The Morgan fingerprint density at radius 3 is 2.62 bits per heavy atom. The van der Waals surface area contributed by atoms with Gasteiger partial charge in [0.05, 0.1) is 12.0 Å². The van der Waals surface area contributed by atoms with E-state index in [0.29, 0.717) is 5.03 Å². The Bertz CT molecular complexity index is 488. The van der Waals surface area contributed by atoms with Crippen molar-refractivity contribution in [2.75, 3.05) is 7.11 Å². The third kappa shape index (κ3) is 2.28. The smallest absolute Gasteiger partial charge is 0.256 e. The highest BCUT2D eigenvalue weighted by Gasteiger charge is 2.09. The maximum atomic E-state index is 11.5. The van der Waals surface area contributed by atoms with Crippen LogP contribution in [0.1, 0.15) is 0 Å². The SMILES string of the molecule is COc1ccccc1Sc1cccc[n+]1[O-]. The number of para-hydroxylation sites is 1. The number of nitrogens with zero attached hydrogens (tertiary/aromatic N) is 1. The van der Waals surface area contributed by atoms with Crippen LogP contribution in [0.3, 0.4) is 0 Å². The summed E-state index contributed by atoms with van der Waals surface area (Å²) in [4.78, 5) is 0.931. The van der Waals surface area contributed by atoms with Gasteiger partial charge >= 0.3 is 0 Å². The third-order valence-corrected chi connectivity index (χ3v) is 3.15. The molecule has 0 unspecified atom stereocenters. The molecule has 0 amide bonds. The first kappa shape index (κ1) is 10.8. The minimum absolute atomic E-state index is 0.631. The zero-order valence-corrected chi connectivity index (χ0v) is 9.61. The van der Waals surface area contributed by atoms with Gasteiger partial charge in [-0.1, -0.05) is 12.1 Å². The molecule has 0 N–H and O–H groups in total. The lowest BCUT2D eigenvalue weighted by molar-refractivity contribution is -0.645. The van der Waals surface area contributed by atoms with E-state index >= 15 is 0 Å². The normalized spacial score (nSPS) is 10.1. The number of hydrogen-bond donors (Lipinski definition) is 0. The van der Waals surface area contributed by atoms with E-state index in [2.05, 4.69) is 0 Å². The molecule has 0 radical (unpaired) electrons. The van der Waals surface area contributed by atoms with Crippen LogP contribution in [0.4, 0.5) is 0 Å². The first-order chi connectivity index (χ1) is 7.81. The summed E-state index contributed by atoms with van der Waals surface area (Å²) in [5.74, 6) is 0.774. The minimum atomic E-state index is 0.631. The maximum Gasteiger partial charge on any atom is 0.256 e. The van der Waals surface area contributed by atoms with Gasteiger partial charge in [0.15, 0.2) is 6.20 Å². The van der Waals surface area contributed by atoms with Crippen molar-refractivity contribution in [1.82, 2.24) is 0 Å². The molecule has 16 heavy (non-hydrogen) atoms. The molecule has 2 aromatic rings. The van der Waals surface area contributed by atoms with E-state index in [1.165, 1.54) is 18.0 Å². The number of benzene rings is 1. The molecule has 0 fully saturated rings. The van der Waals surface area contributed by atoms with Gasteiger partial charge in [-0.3, -0.25) is 0 Å². The van der Waals surface area contributed by atoms with Crippen molar-refractivity contribution in [1.29, 1.82) is 0 Å². The number of aromatic nitrogens is 1. The largest absolute Gasteiger partial charge is 0.618 e. The van der Waals surface area contributed by atoms with Crippen LogP contribution in [0, 0.1) is 5.21 Å². The number of rotatable bonds is 3. The van der Waals surface area contributed by atoms with Crippen molar-refractivity contribution < 1.29 is 9.47 Å². The molecular formula is C12H11NO2S. The van der Waals surface area contributed by atoms with Crippen LogP contribution in [0.2, 0.25) is 0 Å². The van der Waals surface area contributed by atoms with E-state index in [9.17, 15) is 5.21 Å². The molecule has 3 nitrogen and oxygen atoms in total. The summed E-state index contributed by atoms with van der Waals surface area (Å²) in [5, 5.41) is 12.1. The number of methoxy groups -OCH3 is 1. The quantitative estimate of drug-likeness (QED) is 0.603. The van der Waals surface area contributed by atoms with Gasteiger partial charge in [-0.05, 0) is 30.0 Å². The second-order valence-electron chi connectivity index (χ2n) is 3.12. The minimum Gasteiger partial charge on any atom is -0.618 e. The van der Waals surface area contributed by atoms with Crippen LogP contribution in [0.25, 0.3) is 0 Å². The van der Waals surface area contributed by atoms with Crippen molar-refractivity contribution in [2.45, 2.75) is 9.92 Å². The van der Waals surface area contributed by atoms with E-state index in [-0.39, 0.29) is 0 Å². The van der Waals surface area contributed by atoms with Crippen LogP contribution < -0.4 is 9.47 Å². The first-order valence-corrected chi connectivity index (χ1v) is 5.62. The molecule has 82 valence electrons. The number of ether oxygens (including phenoxy) is 1. The molecule has 0 aliphatic heterocycles. The van der Waals surface area contributed by atoms with Gasteiger partial charge < -0.3 is 9.94 Å². The number of hydrogen-bond acceptors (Lipinski definition) is 3. The standard InChI is InChI=1S/C12H11NO2S/c1-15-10-6-2-3-7-11(10)16-12-8-4-5-9-13(12)14/h2-9H,1H3. The fourth-order valence-corrected chi connectivity index (χ4v) is 2.23. The van der Waals surface area contributed by atoms with Crippen LogP contribution >= 0.6 is 11.8 Å². The lowest BCUT2D eigenvalue weighted by Gasteiger charge is -2.07. The van der Waals surface area contributed by atoms with Gasteiger partial charge in [-0.2, -0.15) is 4.73 Å². The summed E-state index contributed by atoms with van der Waals surface area (Å²) < 4.78 is 6.07. The summed E-state index contributed by atoms with van der Waals surface area (Å²) in [6, 6.07) is 13.0. The topological polar surface area (TPSA) is 36.2 Å². The summed E-state index contributed by atoms with van der Waals surface area (Å²) in [6.45, 7) is 0. The van der Waals surface area contributed by atoms with Crippen molar-refractivity contribution >= 4 is 11.8 Å². The van der Waals surface area contributed by atoms with E-state index in [1.54, 1.807) is 19.2 Å². The fourth-order valence-electron chi connectivity index (χ4n) is 1.31. The Morgan fingerprint density at radius 2 is 1.88 bits per heavy atom. The highest BCUT2D eigenvalue weighted by molar-refractivity contribution is 7.99. The molecule has 0 spiro atoms. The van der Waals surface area contributed by atoms with Crippen molar-refractivity contribution in [2.24, 2.45) is 0 Å². The molecule has 2 rings (SSSR count). The van der Waals surface area contributed by atoms with Crippen LogP contribution in [-0.2, 0) is 0 Å². The molecule has 1 aromatic carbocycles. The molecule has 0 atom stereocenters. The highest BCUT2D eigenvalue weighted by atomic mass is 32.2. The summed E-state index contributed by atoms with van der Waals surface area (Å²) in [5.41, 5.74) is 0. The van der Waals surface area contributed by atoms with Crippen molar-refractivity contribution in [3.05, 3.63) is 53.9 Å². The molecule has 0 aliphatic rings. The van der Waals surface area contributed by atoms with Gasteiger partial charge in [0.1, 0.15) is 5.75 Å². The molecule has 0 saturated carbocycles. The number of pyridine rings is 1. The van der Waals surface area contributed by atoms with E-state index in [1.807, 2.05) is 30.3 Å². The predicted octanol–water partition coefficient (Wildman–Crippen LogP) is 2.48. The van der Waals surface area contributed by atoms with E-state index in [0.717, 1.165) is 15.4 Å². The van der Waals surface area contributed by atoms with Crippen LogP contribution in [-0.4, -0.2) is 7.11 Å². The Morgan fingerprint density at radius 1 is 1.12 bits per heavy atom. The molecule has 0 aliphatic carbocycles. The van der Waals surface area contributed by atoms with E-state index < -0.39 is 0 Å². The van der Waals surface area contributed by atoms with Crippen LogP contribution in [0.15, 0.2) is 58.6 Å². The van der Waals surface area contributed by atoms with E-state index in [4.69, 9.17) is 4.74 Å². The molecule has 1 aromatic heterocycles. The molecule has 0 saturated heterocycles. The second kappa shape index (κ2) is 4.90. The summed E-state index contributed by atoms with van der Waals surface area (Å²) in [7, 11) is 1.62. The van der Waals surface area contributed by atoms with Gasteiger partial charge in [-0.25, -0.2) is 0 Å². The molecule has 1 heterocycles. The maximum absolute atomic E-state index is 11.5. The Balaban J connectivity index is 2.30. The predicted molar refractivity (Wildman–Crippen MR) is 62.5 cm³/mol. The Kier molecular flexibility index (Phi) is 3.31. The molecule has 0 bridgehead atoms. The molecular weight excluding hydrogens is 222 g/mol. The first-order valence-electron chi connectivity index (χ1n) is 4.80.